The Morgan fingerprint density at radius 1 is 1.28 bits per heavy atom. The van der Waals surface area contributed by atoms with Gasteiger partial charge in [-0.15, -0.1) is 0 Å². The van der Waals surface area contributed by atoms with Crippen LogP contribution in [0.25, 0.3) is 0 Å². The van der Waals surface area contributed by atoms with Gasteiger partial charge in [0.2, 0.25) is 6.41 Å². The molecule has 1 aliphatic heterocycles. The SMILES string of the molecule is NCC(=O)[N+]1(OC(=O)N(CNC=O)Cc2ccccc2)CCNCC1. The molecular formula is C16H24N5O4+. The van der Waals surface area contributed by atoms with E-state index >= 15 is 0 Å². The van der Waals surface area contributed by atoms with Gasteiger partial charge in [-0.3, -0.25) is 9.69 Å². The molecule has 3 amide bonds. The summed E-state index contributed by atoms with van der Waals surface area (Å²) in [4.78, 5) is 42.4. The molecule has 1 aliphatic rings. The van der Waals surface area contributed by atoms with E-state index < -0.39 is 10.7 Å². The molecule has 1 aromatic carbocycles. The van der Waals surface area contributed by atoms with E-state index in [9.17, 15) is 14.4 Å². The number of nitrogens with one attached hydrogen (secondary N) is 2. The van der Waals surface area contributed by atoms with Crippen LogP contribution in [0, 0.1) is 0 Å². The van der Waals surface area contributed by atoms with Crippen molar-refractivity contribution in [2.24, 2.45) is 5.73 Å². The van der Waals surface area contributed by atoms with Crippen molar-refractivity contribution in [1.29, 1.82) is 0 Å². The molecule has 0 unspecified atom stereocenters. The Labute approximate surface area is 146 Å². The third-order valence-electron chi connectivity index (χ3n) is 4.02. The quantitative estimate of drug-likeness (QED) is 0.350. The molecule has 0 aromatic heterocycles. The molecule has 1 fully saturated rings. The van der Waals surface area contributed by atoms with E-state index in [-0.39, 0.29) is 25.7 Å². The molecular weight excluding hydrogens is 326 g/mol. The highest BCUT2D eigenvalue weighted by Crippen LogP contribution is 2.15. The molecule has 0 atom stereocenters. The highest BCUT2D eigenvalue weighted by Gasteiger charge is 2.43. The fourth-order valence-electron chi connectivity index (χ4n) is 2.66. The molecule has 4 N–H and O–H groups in total. The van der Waals surface area contributed by atoms with Crippen LogP contribution in [-0.4, -0.2) is 67.3 Å². The third kappa shape index (κ3) is 4.99. The summed E-state index contributed by atoms with van der Waals surface area (Å²) >= 11 is 0. The van der Waals surface area contributed by atoms with E-state index in [0.717, 1.165) is 5.56 Å². The molecule has 0 radical (unpaired) electrons. The van der Waals surface area contributed by atoms with Crippen LogP contribution in [0.5, 0.6) is 0 Å². The van der Waals surface area contributed by atoms with E-state index in [4.69, 9.17) is 10.6 Å². The van der Waals surface area contributed by atoms with Crippen LogP contribution in [-0.2, 0) is 21.0 Å². The standard InChI is InChI=1S/C16H23N5O4/c17-10-15(23)21(8-6-18-7-9-21)25-16(24)20(12-19-13-22)11-14-4-2-1-3-5-14/h1-5,13,18H,6-12,17H2/p+1. The summed E-state index contributed by atoms with van der Waals surface area (Å²) in [5.74, 6) is -0.349. The van der Waals surface area contributed by atoms with Crippen molar-refractivity contribution < 1.29 is 23.9 Å². The van der Waals surface area contributed by atoms with Crippen molar-refractivity contribution in [3.8, 4) is 0 Å². The van der Waals surface area contributed by atoms with Gasteiger partial charge in [-0.2, -0.15) is 0 Å². The van der Waals surface area contributed by atoms with Crippen LogP contribution >= 0.6 is 0 Å². The van der Waals surface area contributed by atoms with E-state index in [2.05, 4.69) is 10.6 Å². The van der Waals surface area contributed by atoms with Gasteiger partial charge in [0.05, 0.1) is 13.2 Å². The lowest BCUT2D eigenvalue weighted by Crippen LogP contribution is -2.64. The summed E-state index contributed by atoms with van der Waals surface area (Å²) in [6.07, 6.45) is -0.173. The predicted octanol–water partition coefficient (Wildman–Crippen LogP) is -0.851. The number of nitrogens with zero attached hydrogens (tertiary/aromatic N) is 2. The number of carbonyl (C=O) groups excluding carboxylic acids is 3. The van der Waals surface area contributed by atoms with Crippen molar-refractivity contribution in [3.05, 3.63) is 35.9 Å². The van der Waals surface area contributed by atoms with Crippen LogP contribution in [0.4, 0.5) is 4.79 Å². The van der Waals surface area contributed by atoms with E-state index in [1.165, 1.54) is 4.90 Å². The zero-order valence-corrected chi connectivity index (χ0v) is 14.0. The first-order valence-electron chi connectivity index (χ1n) is 8.12. The van der Waals surface area contributed by atoms with Crippen LogP contribution in [0.1, 0.15) is 5.56 Å². The van der Waals surface area contributed by atoms with Crippen LogP contribution in [0.2, 0.25) is 0 Å². The number of hydrogen-bond donors (Lipinski definition) is 3. The van der Waals surface area contributed by atoms with E-state index in [1.807, 2.05) is 30.3 Å². The number of quaternary nitrogens is 1. The van der Waals surface area contributed by atoms with Crippen molar-refractivity contribution in [2.75, 3.05) is 39.4 Å². The number of hydrogen-bond acceptors (Lipinski definition) is 6. The summed E-state index contributed by atoms with van der Waals surface area (Å²) in [6, 6.07) is 9.31. The van der Waals surface area contributed by atoms with Gasteiger partial charge in [-0.05, 0) is 5.56 Å². The van der Waals surface area contributed by atoms with Gasteiger partial charge in [0.15, 0.2) is 0 Å². The fraction of sp³-hybridized carbons (Fsp3) is 0.438. The maximum absolute atomic E-state index is 12.7. The largest absolute Gasteiger partial charge is 0.466 e. The number of amides is 3. The molecule has 1 saturated heterocycles. The lowest BCUT2D eigenvalue weighted by atomic mass is 10.2. The predicted molar refractivity (Wildman–Crippen MR) is 89.5 cm³/mol. The number of benzene rings is 1. The van der Waals surface area contributed by atoms with Gasteiger partial charge in [-0.1, -0.05) is 35.0 Å². The molecule has 0 aliphatic carbocycles. The minimum Gasteiger partial charge on any atom is -0.341 e. The Bertz CT molecular complexity index is 589. The average molecular weight is 350 g/mol. The number of hydroxylamine groups is 3. The number of rotatable bonds is 6. The van der Waals surface area contributed by atoms with Crippen LogP contribution in [0.3, 0.4) is 0 Å². The lowest BCUT2D eigenvalue weighted by Gasteiger charge is -2.36. The Morgan fingerprint density at radius 2 is 1.96 bits per heavy atom. The number of nitrogens with two attached hydrogens (primary N) is 1. The van der Waals surface area contributed by atoms with E-state index in [1.54, 1.807) is 0 Å². The smallest absolute Gasteiger partial charge is 0.341 e. The highest BCUT2D eigenvalue weighted by molar-refractivity contribution is 5.73. The topological polar surface area (TPSA) is 114 Å². The molecule has 1 heterocycles. The summed E-state index contributed by atoms with van der Waals surface area (Å²) < 4.78 is -0.436. The zero-order valence-electron chi connectivity index (χ0n) is 14.0. The minimum atomic E-state index is -0.679. The normalized spacial score (nSPS) is 15.9. The zero-order chi connectivity index (χ0) is 18.1. The Kier molecular flexibility index (Phi) is 6.87. The summed E-state index contributed by atoms with van der Waals surface area (Å²) in [6.45, 7) is 1.75. The maximum Gasteiger partial charge on any atom is 0.466 e. The van der Waals surface area contributed by atoms with Crippen molar-refractivity contribution in [1.82, 2.24) is 15.5 Å². The number of piperazine rings is 1. The lowest BCUT2D eigenvalue weighted by molar-refractivity contribution is -1.03. The highest BCUT2D eigenvalue weighted by atomic mass is 16.8. The second-order valence-corrected chi connectivity index (χ2v) is 5.71. The molecule has 0 bridgehead atoms. The first kappa shape index (κ1) is 18.8. The maximum atomic E-state index is 12.7. The second-order valence-electron chi connectivity index (χ2n) is 5.71. The van der Waals surface area contributed by atoms with E-state index in [0.29, 0.717) is 32.6 Å². The monoisotopic (exact) mass is 350 g/mol. The first-order valence-corrected chi connectivity index (χ1v) is 8.12. The molecule has 25 heavy (non-hydrogen) atoms. The Hall–Kier alpha value is -2.49. The summed E-state index contributed by atoms with van der Waals surface area (Å²) in [5, 5.41) is 5.58. The van der Waals surface area contributed by atoms with Gasteiger partial charge in [0.25, 0.3) is 0 Å². The molecule has 1 aromatic rings. The molecule has 0 spiro atoms. The summed E-state index contributed by atoms with van der Waals surface area (Å²) in [5.41, 5.74) is 6.37. The third-order valence-corrected chi connectivity index (χ3v) is 4.02. The molecule has 9 nitrogen and oxygen atoms in total. The molecule has 136 valence electrons. The van der Waals surface area contributed by atoms with Crippen molar-refractivity contribution >= 4 is 18.4 Å². The Morgan fingerprint density at radius 3 is 2.56 bits per heavy atom. The second kappa shape index (κ2) is 9.11. The van der Waals surface area contributed by atoms with Crippen molar-refractivity contribution in [3.63, 3.8) is 0 Å². The Balaban J connectivity index is 2.13. The van der Waals surface area contributed by atoms with Gasteiger partial charge in [-0.25, -0.2) is 14.4 Å². The van der Waals surface area contributed by atoms with Crippen LogP contribution < -0.4 is 16.4 Å². The van der Waals surface area contributed by atoms with Gasteiger partial charge in [0.1, 0.15) is 19.6 Å². The fourth-order valence-corrected chi connectivity index (χ4v) is 2.66. The van der Waals surface area contributed by atoms with Crippen molar-refractivity contribution in [2.45, 2.75) is 6.54 Å². The molecule has 9 heteroatoms. The van der Waals surface area contributed by atoms with Gasteiger partial charge < -0.3 is 16.4 Å². The summed E-state index contributed by atoms with van der Waals surface area (Å²) in [7, 11) is 0. The van der Waals surface area contributed by atoms with Gasteiger partial charge >= 0.3 is 12.0 Å². The first-order chi connectivity index (χ1) is 12.1. The van der Waals surface area contributed by atoms with Gasteiger partial charge in [0, 0.05) is 13.1 Å². The molecule has 2 rings (SSSR count). The molecule has 0 saturated carbocycles. The minimum absolute atomic E-state index is 0.0215. The van der Waals surface area contributed by atoms with Crippen LogP contribution in [0.15, 0.2) is 30.3 Å². The number of carbonyl (C=O) groups is 3. The average Bonchev–Trinajstić information content (AvgIpc) is 2.65.